The van der Waals surface area contributed by atoms with E-state index in [1.165, 1.54) is 47.1 Å². The van der Waals surface area contributed by atoms with Crippen LogP contribution in [0.1, 0.15) is 10.4 Å². The molecule has 4 rings (SSSR count). The average Bonchev–Trinajstić information content (AvgIpc) is 3.31. The van der Waals surface area contributed by atoms with Gasteiger partial charge < -0.3 is 15.4 Å². The second kappa shape index (κ2) is 11.5. The van der Waals surface area contributed by atoms with Gasteiger partial charge in [0.05, 0.1) is 16.4 Å². The molecule has 37 heavy (non-hydrogen) atoms. The number of fused-ring (bicyclic) bond motifs is 1. The van der Waals surface area contributed by atoms with E-state index in [1.807, 2.05) is 0 Å². The van der Waals surface area contributed by atoms with Crippen molar-refractivity contribution in [1.29, 1.82) is 0 Å². The number of hydrogen-bond acceptors (Lipinski definition) is 10. The Morgan fingerprint density at radius 3 is 2.65 bits per heavy atom. The van der Waals surface area contributed by atoms with Crippen molar-refractivity contribution < 1.29 is 28.8 Å². The quantitative estimate of drug-likeness (QED) is 0.148. The van der Waals surface area contributed by atoms with Gasteiger partial charge in [-0.15, -0.1) is 34.7 Å². The van der Waals surface area contributed by atoms with Gasteiger partial charge in [-0.2, -0.15) is 0 Å². The number of amides is 3. The zero-order valence-corrected chi connectivity index (χ0v) is 21.8. The number of thiazole rings is 1. The van der Waals surface area contributed by atoms with Crippen LogP contribution in [0.25, 0.3) is 0 Å². The Balaban J connectivity index is 1.33. The molecular formula is C21H17Cl2N5O7S2. The number of nitrogens with one attached hydrogen (secondary N) is 2. The molecule has 1 saturated heterocycles. The maximum atomic E-state index is 12.8. The Labute approximate surface area is 227 Å². The molecule has 1 aromatic heterocycles. The SMILES string of the molecule is O=C(CCl)Nc1ncc(CC(=O)NC2C(=O)N3C(C(=O)OCc4ccc([N+](=O)[O-])cc4)=C(Cl)CS[C@@H]23)s1. The maximum Gasteiger partial charge on any atom is 0.356 e. The molecule has 2 aliphatic rings. The van der Waals surface area contributed by atoms with Crippen molar-refractivity contribution in [2.24, 2.45) is 0 Å². The lowest BCUT2D eigenvalue weighted by Crippen LogP contribution is -2.70. The van der Waals surface area contributed by atoms with Crippen molar-refractivity contribution in [1.82, 2.24) is 15.2 Å². The fourth-order valence-corrected chi connectivity index (χ4v) is 5.93. The largest absolute Gasteiger partial charge is 0.456 e. The van der Waals surface area contributed by atoms with Gasteiger partial charge in [0, 0.05) is 29.0 Å². The minimum Gasteiger partial charge on any atom is -0.456 e. The molecule has 3 heterocycles. The van der Waals surface area contributed by atoms with E-state index in [-0.39, 0.29) is 41.1 Å². The van der Waals surface area contributed by atoms with Crippen LogP contribution in [0.4, 0.5) is 10.8 Å². The molecule has 0 saturated carbocycles. The number of alkyl halides is 1. The van der Waals surface area contributed by atoms with Crippen LogP contribution >= 0.6 is 46.3 Å². The van der Waals surface area contributed by atoms with E-state index >= 15 is 0 Å². The first kappa shape index (κ1) is 26.9. The van der Waals surface area contributed by atoms with Crippen LogP contribution in [-0.4, -0.2) is 61.5 Å². The lowest BCUT2D eigenvalue weighted by atomic mass is 10.0. The van der Waals surface area contributed by atoms with Crippen molar-refractivity contribution in [3.05, 3.63) is 61.7 Å². The molecule has 194 valence electrons. The molecule has 2 aromatic rings. The molecular weight excluding hydrogens is 569 g/mol. The number of hydrogen-bond donors (Lipinski definition) is 2. The first-order valence-electron chi connectivity index (χ1n) is 10.5. The monoisotopic (exact) mass is 585 g/mol. The number of non-ortho nitro benzene ring substituents is 1. The zero-order chi connectivity index (χ0) is 26.7. The molecule has 0 spiro atoms. The molecule has 2 N–H and O–H groups in total. The minimum atomic E-state index is -0.858. The number of benzene rings is 1. The smallest absolute Gasteiger partial charge is 0.356 e. The second-order valence-electron chi connectivity index (χ2n) is 7.70. The number of thioether (sulfide) groups is 1. The van der Waals surface area contributed by atoms with Gasteiger partial charge in [0.15, 0.2) is 5.13 Å². The van der Waals surface area contributed by atoms with Crippen molar-refractivity contribution in [3.63, 3.8) is 0 Å². The summed E-state index contributed by atoms with van der Waals surface area (Å²) in [6.07, 6.45) is 1.39. The third kappa shape index (κ3) is 6.04. The van der Waals surface area contributed by atoms with Gasteiger partial charge in [0.25, 0.3) is 11.6 Å². The third-order valence-corrected chi connectivity index (χ3v) is 8.11. The summed E-state index contributed by atoms with van der Waals surface area (Å²) in [6.45, 7) is -0.174. The standard InChI is InChI=1S/C21H17Cl2N5O7S2/c22-6-15(30)26-21-24-7-12(37-21)5-14(29)25-16-18(31)27-17(13(23)9-36-19(16)27)20(32)35-8-10-1-3-11(4-2-10)28(33)34/h1-4,7,16,19H,5-6,8-9H2,(H,25,29)(H,24,26,30)/t16?,19-/m0/s1. The van der Waals surface area contributed by atoms with Crippen molar-refractivity contribution >= 4 is 80.8 Å². The van der Waals surface area contributed by atoms with Crippen LogP contribution in [0.5, 0.6) is 0 Å². The van der Waals surface area contributed by atoms with Gasteiger partial charge in [0.1, 0.15) is 29.6 Å². The van der Waals surface area contributed by atoms with Gasteiger partial charge in [-0.1, -0.05) is 11.6 Å². The normalized spacial score (nSPS) is 18.5. The first-order valence-corrected chi connectivity index (χ1v) is 13.3. The number of halogens is 2. The molecule has 1 aromatic carbocycles. The van der Waals surface area contributed by atoms with Gasteiger partial charge in [0.2, 0.25) is 11.8 Å². The highest BCUT2D eigenvalue weighted by atomic mass is 35.5. The molecule has 0 bridgehead atoms. The van der Waals surface area contributed by atoms with Crippen LogP contribution < -0.4 is 10.6 Å². The van der Waals surface area contributed by atoms with Gasteiger partial charge in [-0.25, -0.2) is 9.78 Å². The van der Waals surface area contributed by atoms with E-state index < -0.39 is 40.0 Å². The maximum absolute atomic E-state index is 12.8. The summed E-state index contributed by atoms with van der Waals surface area (Å²) >= 11 is 14.1. The molecule has 2 atom stereocenters. The predicted molar refractivity (Wildman–Crippen MR) is 136 cm³/mol. The Bertz CT molecular complexity index is 1300. The molecule has 16 heteroatoms. The minimum absolute atomic E-state index is 0.0592. The summed E-state index contributed by atoms with van der Waals surface area (Å²) in [5, 5.41) is 15.8. The summed E-state index contributed by atoms with van der Waals surface area (Å²) in [5.41, 5.74) is 0.331. The van der Waals surface area contributed by atoms with Crippen LogP contribution in [-0.2, 0) is 36.9 Å². The number of esters is 1. The highest BCUT2D eigenvalue weighted by Crippen LogP contribution is 2.41. The molecule has 2 aliphatic heterocycles. The van der Waals surface area contributed by atoms with E-state index in [0.717, 1.165) is 11.3 Å². The van der Waals surface area contributed by atoms with Gasteiger partial charge in [-0.05, 0) is 17.7 Å². The number of carbonyl (C=O) groups excluding carboxylic acids is 4. The molecule has 12 nitrogen and oxygen atoms in total. The summed E-state index contributed by atoms with van der Waals surface area (Å²) in [5.74, 6) is -2.16. The number of β-lactam (4-membered cyclic amide) rings is 1. The first-order chi connectivity index (χ1) is 17.7. The highest BCUT2D eigenvalue weighted by Gasteiger charge is 2.54. The van der Waals surface area contributed by atoms with Crippen LogP contribution in [0.2, 0.25) is 0 Å². The Hall–Kier alpha value is -3.20. The van der Waals surface area contributed by atoms with Gasteiger partial charge in [-0.3, -0.25) is 29.4 Å². The fraction of sp³-hybridized carbons (Fsp3) is 0.286. The van der Waals surface area contributed by atoms with Crippen LogP contribution in [0.3, 0.4) is 0 Å². The summed E-state index contributed by atoms with van der Waals surface area (Å²) < 4.78 is 5.29. The molecule has 0 aliphatic carbocycles. The lowest BCUT2D eigenvalue weighted by Gasteiger charge is -2.49. The van der Waals surface area contributed by atoms with Crippen molar-refractivity contribution in [2.75, 3.05) is 16.9 Å². The van der Waals surface area contributed by atoms with Gasteiger partial charge >= 0.3 is 5.97 Å². The average molecular weight is 586 g/mol. The lowest BCUT2D eigenvalue weighted by molar-refractivity contribution is -0.384. The number of ether oxygens (including phenoxy) is 1. The Kier molecular flexibility index (Phi) is 8.32. The van der Waals surface area contributed by atoms with E-state index in [2.05, 4.69) is 15.6 Å². The molecule has 1 unspecified atom stereocenters. The van der Waals surface area contributed by atoms with Crippen molar-refractivity contribution in [3.8, 4) is 0 Å². The number of nitro groups is 1. The van der Waals surface area contributed by atoms with Crippen LogP contribution in [0, 0.1) is 10.1 Å². The number of aromatic nitrogens is 1. The number of anilines is 1. The number of nitro benzene ring substituents is 1. The second-order valence-corrected chi connectivity index (χ2v) is 10.6. The zero-order valence-electron chi connectivity index (χ0n) is 18.6. The van der Waals surface area contributed by atoms with E-state index in [9.17, 15) is 29.3 Å². The summed E-state index contributed by atoms with van der Waals surface area (Å²) in [7, 11) is 0. The highest BCUT2D eigenvalue weighted by molar-refractivity contribution is 8.00. The van der Waals surface area contributed by atoms with Crippen molar-refractivity contribution in [2.45, 2.75) is 24.4 Å². The summed E-state index contributed by atoms with van der Waals surface area (Å²) in [4.78, 5) is 65.5. The predicted octanol–water partition coefficient (Wildman–Crippen LogP) is 2.36. The van der Waals surface area contributed by atoms with E-state index in [0.29, 0.717) is 15.6 Å². The number of rotatable bonds is 9. The number of nitrogens with zero attached hydrogens (tertiary/aromatic N) is 3. The Morgan fingerprint density at radius 2 is 1.97 bits per heavy atom. The topological polar surface area (TPSA) is 161 Å². The third-order valence-electron chi connectivity index (χ3n) is 5.20. The van der Waals surface area contributed by atoms with E-state index in [1.54, 1.807) is 0 Å². The molecule has 1 fully saturated rings. The Morgan fingerprint density at radius 1 is 1.24 bits per heavy atom. The van der Waals surface area contributed by atoms with E-state index in [4.69, 9.17) is 27.9 Å². The number of carbonyl (C=O) groups is 4. The fourth-order valence-electron chi connectivity index (χ4n) is 3.49. The molecule has 3 amide bonds. The molecule has 0 radical (unpaired) electrons. The van der Waals surface area contributed by atoms with Crippen LogP contribution in [0.15, 0.2) is 41.2 Å². The summed E-state index contributed by atoms with van der Waals surface area (Å²) in [6, 6.07) is 4.64.